The number of unbranched alkanes of at least 4 members (excludes halogenated alkanes) is 6. The van der Waals surface area contributed by atoms with E-state index in [0.717, 1.165) is 12.8 Å². The molecule has 2 N–H and O–H groups in total. The summed E-state index contributed by atoms with van der Waals surface area (Å²) >= 11 is 0. The molecule has 0 radical (unpaired) electrons. The van der Waals surface area contributed by atoms with Gasteiger partial charge in [0.1, 0.15) is 0 Å². The number of hydrogen-bond acceptors (Lipinski definition) is 2. The lowest BCUT2D eigenvalue weighted by molar-refractivity contribution is -0.142. The average molecular weight is 299 g/mol. The van der Waals surface area contributed by atoms with Crippen molar-refractivity contribution < 1.29 is 14.7 Å². The SMILES string of the molecule is CCCCCCCCCC(=O)NCC(CC(C)C)C(=O)O. The van der Waals surface area contributed by atoms with Crippen LogP contribution in [0.1, 0.15) is 78.6 Å². The monoisotopic (exact) mass is 299 g/mol. The lowest BCUT2D eigenvalue weighted by Crippen LogP contribution is -2.33. The summed E-state index contributed by atoms with van der Waals surface area (Å²) in [7, 11) is 0. The van der Waals surface area contributed by atoms with E-state index < -0.39 is 11.9 Å². The Labute approximate surface area is 129 Å². The number of hydrogen-bond donors (Lipinski definition) is 2. The van der Waals surface area contributed by atoms with E-state index in [4.69, 9.17) is 5.11 Å². The Kier molecular flexibility index (Phi) is 12.0. The molecular weight excluding hydrogens is 266 g/mol. The van der Waals surface area contributed by atoms with Crippen LogP contribution < -0.4 is 5.32 Å². The summed E-state index contributed by atoms with van der Waals surface area (Å²) in [6, 6.07) is 0. The zero-order valence-corrected chi connectivity index (χ0v) is 14.0. The lowest BCUT2D eigenvalue weighted by atomic mass is 9.97. The van der Waals surface area contributed by atoms with Gasteiger partial charge in [-0.1, -0.05) is 59.3 Å². The van der Waals surface area contributed by atoms with E-state index >= 15 is 0 Å². The molecule has 0 aromatic rings. The number of carboxylic acids is 1. The Morgan fingerprint density at radius 1 is 1.00 bits per heavy atom. The number of carbonyl (C=O) groups is 2. The van der Waals surface area contributed by atoms with Gasteiger partial charge in [-0.25, -0.2) is 0 Å². The van der Waals surface area contributed by atoms with Crippen molar-refractivity contribution in [2.45, 2.75) is 78.6 Å². The first-order valence-corrected chi connectivity index (χ1v) is 8.46. The highest BCUT2D eigenvalue weighted by molar-refractivity contribution is 5.77. The van der Waals surface area contributed by atoms with Crippen LogP contribution in [0.25, 0.3) is 0 Å². The average Bonchev–Trinajstić information content (AvgIpc) is 2.41. The van der Waals surface area contributed by atoms with Gasteiger partial charge >= 0.3 is 5.97 Å². The van der Waals surface area contributed by atoms with Gasteiger partial charge in [0.15, 0.2) is 0 Å². The molecule has 0 aromatic carbocycles. The maximum atomic E-state index is 11.7. The van der Waals surface area contributed by atoms with Crippen molar-refractivity contribution in [2.24, 2.45) is 11.8 Å². The van der Waals surface area contributed by atoms with Gasteiger partial charge in [0.25, 0.3) is 0 Å². The normalized spacial score (nSPS) is 12.4. The first-order chi connectivity index (χ1) is 9.97. The molecule has 0 aliphatic heterocycles. The van der Waals surface area contributed by atoms with Crippen LogP contribution in [0.4, 0.5) is 0 Å². The summed E-state index contributed by atoms with van der Waals surface area (Å²) in [6.45, 7) is 6.45. The maximum absolute atomic E-state index is 11.7. The Morgan fingerprint density at radius 3 is 2.10 bits per heavy atom. The second-order valence-electron chi connectivity index (χ2n) is 6.34. The number of aliphatic carboxylic acids is 1. The number of rotatable bonds is 13. The Bertz CT molecular complexity index is 290. The minimum absolute atomic E-state index is 0.0152. The molecule has 0 aromatic heterocycles. The fourth-order valence-electron chi connectivity index (χ4n) is 2.41. The van der Waals surface area contributed by atoms with Gasteiger partial charge in [0, 0.05) is 13.0 Å². The third kappa shape index (κ3) is 12.4. The highest BCUT2D eigenvalue weighted by Crippen LogP contribution is 2.12. The summed E-state index contributed by atoms with van der Waals surface area (Å²) in [6.07, 6.45) is 9.40. The second-order valence-corrected chi connectivity index (χ2v) is 6.34. The van der Waals surface area contributed by atoms with Crippen molar-refractivity contribution in [3.8, 4) is 0 Å². The molecule has 0 bridgehead atoms. The smallest absolute Gasteiger partial charge is 0.308 e. The van der Waals surface area contributed by atoms with Crippen LogP contribution in [-0.2, 0) is 9.59 Å². The molecule has 1 unspecified atom stereocenters. The van der Waals surface area contributed by atoms with Gasteiger partial charge in [0.2, 0.25) is 5.91 Å². The van der Waals surface area contributed by atoms with E-state index in [2.05, 4.69) is 12.2 Å². The molecule has 0 fully saturated rings. The van der Waals surface area contributed by atoms with Crippen LogP contribution in [0, 0.1) is 11.8 Å². The fourth-order valence-corrected chi connectivity index (χ4v) is 2.41. The van der Waals surface area contributed by atoms with Crippen LogP contribution in [0.5, 0.6) is 0 Å². The molecule has 21 heavy (non-hydrogen) atoms. The van der Waals surface area contributed by atoms with Crippen molar-refractivity contribution in [1.29, 1.82) is 0 Å². The zero-order valence-electron chi connectivity index (χ0n) is 14.0. The number of carboxylic acid groups (broad SMARTS) is 1. The molecule has 4 heteroatoms. The van der Waals surface area contributed by atoms with Gasteiger partial charge in [-0.2, -0.15) is 0 Å². The fraction of sp³-hybridized carbons (Fsp3) is 0.882. The van der Waals surface area contributed by atoms with E-state index in [-0.39, 0.29) is 12.5 Å². The summed E-state index contributed by atoms with van der Waals surface area (Å²) < 4.78 is 0. The molecule has 0 heterocycles. The third-order valence-corrected chi connectivity index (χ3v) is 3.66. The second kappa shape index (κ2) is 12.7. The minimum atomic E-state index is -0.820. The number of nitrogens with one attached hydrogen (secondary N) is 1. The Balaban J connectivity index is 3.66. The van der Waals surface area contributed by atoms with E-state index in [1.54, 1.807) is 0 Å². The first-order valence-electron chi connectivity index (χ1n) is 8.46. The number of amides is 1. The Morgan fingerprint density at radius 2 is 1.57 bits per heavy atom. The van der Waals surface area contributed by atoms with Gasteiger partial charge < -0.3 is 10.4 Å². The molecule has 0 aliphatic carbocycles. The van der Waals surface area contributed by atoms with Crippen LogP contribution >= 0.6 is 0 Å². The van der Waals surface area contributed by atoms with Gasteiger partial charge in [0.05, 0.1) is 5.92 Å². The molecule has 124 valence electrons. The molecule has 0 spiro atoms. The largest absolute Gasteiger partial charge is 0.481 e. The van der Waals surface area contributed by atoms with E-state index in [0.29, 0.717) is 18.8 Å². The van der Waals surface area contributed by atoms with Crippen molar-refractivity contribution in [3.63, 3.8) is 0 Å². The first kappa shape index (κ1) is 19.9. The number of carbonyl (C=O) groups excluding carboxylic acids is 1. The van der Waals surface area contributed by atoms with Crippen LogP contribution in [-0.4, -0.2) is 23.5 Å². The summed E-state index contributed by atoms with van der Waals surface area (Å²) in [4.78, 5) is 22.8. The molecule has 0 saturated carbocycles. The molecular formula is C17H33NO3. The lowest BCUT2D eigenvalue weighted by Gasteiger charge is -2.15. The van der Waals surface area contributed by atoms with Gasteiger partial charge in [-0.3, -0.25) is 9.59 Å². The van der Waals surface area contributed by atoms with E-state index in [1.807, 2.05) is 13.8 Å². The quantitative estimate of drug-likeness (QED) is 0.505. The standard InChI is InChI=1S/C17H33NO3/c1-4-5-6-7-8-9-10-11-16(19)18-13-15(17(20)21)12-14(2)3/h14-15H,4-13H2,1-3H3,(H,18,19)(H,20,21). The Hall–Kier alpha value is -1.06. The summed E-state index contributed by atoms with van der Waals surface area (Å²) in [5.41, 5.74) is 0. The van der Waals surface area contributed by atoms with Gasteiger partial charge in [-0.15, -0.1) is 0 Å². The molecule has 4 nitrogen and oxygen atoms in total. The molecule has 0 saturated heterocycles. The van der Waals surface area contributed by atoms with E-state index in [9.17, 15) is 9.59 Å². The van der Waals surface area contributed by atoms with Crippen LogP contribution in [0.3, 0.4) is 0 Å². The molecule has 1 amide bonds. The highest BCUT2D eigenvalue weighted by Gasteiger charge is 2.19. The van der Waals surface area contributed by atoms with Crippen molar-refractivity contribution >= 4 is 11.9 Å². The van der Waals surface area contributed by atoms with Gasteiger partial charge in [-0.05, 0) is 18.8 Å². The van der Waals surface area contributed by atoms with Crippen LogP contribution in [0.15, 0.2) is 0 Å². The predicted molar refractivity (Wildman–Crippen MR) is 86.2 cm³/mol. The molecule has 0 aliphatic rings. The van der Waals surface area contributed by atoms with Crippen molar-refractivity contribution in [1.82, 2.24) is 5.32 Å². The van der Waals surface area contributed by atoms with E-state index in [1.165, 1.54) is 32.1 Å². The maximum Gasteiger partial charge on any atom is 0.308 e. The van der Waals surface area contributed by atoms with Crippen molar-refractivity contribution in [3.05, 3.63) is 0 Å². The minimum Gasteiger partial charge on any atom is -0.481 e. The summed E-state index contributed by atoms with van der Waals surface area (Å²) in [5.74, 6) is -0.979. The predicted octanol–water partition coefficient (Wildman–Crippen LogP) is 3.99. The topological polar surface area (TPSA) is 66.4 Å². The highest BCUT2D eigenvalue weighted by atomic mass is 16.4. The molecule has 0 rings (SSSR count). The summed E-state index contributed by atoms with van der Waals surface area (Å²) in [5, 5.41) is 11.9. The molecule has 1 atom stereocenters. The third-order valence-electron chi connectivity index (χ3n) is 3.66. The van der Waals surface area contributed by atoms with Crippen molar-refractivity contribution in [2.75, 3.05) is 6.54 Å². The van der Waals surface area contributed by atoms with Crippen LogP contribution in [0.2, 0.25) is 0 Å². The zero-order chi connectivity index (χ0) is 16.1.